The Morgan fingerprint density at radius 3 is 1.41 bits per heavy atom. The van der Waals surface area contributed by atoms with E-state index in [1.165, 1.54) is 22.6 Å². The van der Waals surface area contributed by atoms with Crippen LogP contribution in [0.15, 0.2) is 0 Å². The van der Waals surface area contributed by atoms with Crippen molar-refractivity contribution >= 4 is 17.8 Å². The minimum absolute atomic E-state index is 0.00427. The maximum Gasteiger partial charge on any atom is 0.333 e. The maximum absolute atomic E-state index is 12.9. The minimum atomic E-state index is -0.707. The molecular weight excluding hydrogens is 280 g/mol. The van der Waals surface area contributed by atoms with Crippen LogP contribution in [0.5, 0.6) is 0 Å². The molecule has 22 heavy (non-hydrogen) atoms. The smallest absolute Gasteiger partial charge is 0.273 e. The topological polar surface area (TPSA) is 57.7 Å². The van der Waals surface area contributed by atoms with Crippen LogP contribution in [0, 0.1) is 5.92 Å². The summed E-state index contributed by atoms with van der Waals surface area (Å²) in [5, 5.41) is 0. The fourth-order valence-electron chi connectivity index (χ4n) is 4.18. The van der Waals surface area contributed by atoms with E-state index in [1.54, 1.807) is 6.92 Å². The number of imide groups is 2. The minimum Gasteiger partial charge on any atom is -0.273 e. The second kappa shape index (κ2) is 6.39. The normalized spacial score (nSPS) is 26.9. The third kappa shape index (κ3) is 2.66. The van der Waals surface area contributed by atoms with E-state index < -0.39 is 5.92 Å². The highest BCUT2D eigenvalue weighted by atomic mass is 16.2. The molecule has 1 saturated heterocycles. The molecule has 0 unspecified atom stereocenters. The molecular formula is C17H26N2O3. The van der Waals surface area contributed by atoms with Crippen LogP contribution < -0.4 is 0 Å². The van der Waals surface area contributed by atoms with Gasteiger partial charge in [0.15, 0.2) is 0 Å². The van der Waals surface area contributed by atoms with Crippen LogP contribution in [0.4, 0.5) is 4.79 Å². The third-order valence-electron chi connectivity index (χ3n) is 5.51. The first-order valence-electron chi connectivity index (χ1n) is 8.81. The average Bonchev–Trinajstić information content (AvgIpc) is 2.55. The molecule has 1 heterocycles. The average molecular weight is 306 g/mol. The fraction of sp³-hybridized carbons (Fsp3) is 0.824. The maximum atomic E-state index is 12.9. The largest absolute Gasteiger partial charge is 0.333 e. The summed E-state index contributed by atoms with van der Waals surface area (Å²) in [4.78, 5) is 40.8. The number of hydrogen-bond acceptors (Lipinski definition) is 3. The van der Waals surface area contributed by atoms with Crippen molar-refractivity contribution < 1.29 is 14.4 Å². The molecule has 1 aliphatic heterocycles. The van der Waals surface area contributed by atoms with Gasteiger partial charge in [-0.3, -0.25) is 19.4 Å². The lowest BCUT2D eigenvalue weighted by molar-refractivity contribution is -0.152. The third-order valence-corrected chi connectivity index (χ3v) is 5.51. The lowest BCUT2D eigenvalue weighted by atomic mass is 9.90. The highest BCUT2D eigenvalue weighted by Crippen LogP contribution is 2.32. The Bertz CT molecular complexity index is 425. The van der Waals surface area contributed by atoms with Crippen LogP contribution in [-0.2, 0) is 9.59 Å². The quantitative estimate of drug-likeness (QED) is 0.737. The van der Waals surface area contributed by atoms with Crippen molar-refractivity contribution in [3.8, 4) is 0 Å². The Morgan fingerprint density at radius 1 is 0.682 bits per heavy atom. The van der Waals surface area contributed by atoms with Gasteiger partial charge < -0.3 is 0 Å². The molecule has 0 bridgehead atoms. The van der Waals surface area contributed by atoms with Crippen LogP contribution in [0.25, 0.3) is 0 Å². The molecule has 0 spiro atoms. The summed E-state index contributed by atoms with van der Waals surface area (Å²) in [6, 6.07) is -0.349. The number of nitrogens with zero attached hydrogens (tertiary/aromatic N) is 2. The van der Waals surface area contributed by atoms with Gasteiger partial charge in [0.25, 0.3) is 0 Å². The van der Waals surface area contributed by atoms with Gasteiger partial charge in [-0.2, -0.15) is 0 Å². The van der Waals surface area contributed by atoms with Crippen molar-refractivity contribution in [2.24, 2.45) is 5.92 Å². The molecule has 3 fully saturated rings. The fourth-order valence-corrected chi connectivity index (χ4v) is 4.18. The van der Waals surface area contributed by atoms with E-state index in [0.29, 0.717) is 0 Å². The molecule has 0 aromatic rings. The van der Waals surface area contributed by atoms with Gasteiger partial charge in [0.2, 0.25) is 11.8 Å². The van der Waals surface area contributed by atoms with Gasteiger partial charge in [0.05, 0.1) is 0 Å². The predicted molar refractivity (Wildman–Crippen MR) is 82.0 cm³/mol. The SMILES string of the molecule is CC1C(=O)N(C2CCCCC2)C(=O)N(C2CCCCC2)C1=O. The molecule has 0 radical (unpaired) electrons. The summed E-state index contributed by atoms with van der Waals surface area (Å²) < 4.78 is 0. The lowest BCUT2D eigenvalue weighted by Gasteiger charge is -2.44. The summed E-state index contributed by atoms with van der Waals surface area (Å²) >= 11 is 0. The van der Waals surface area contributed by atoms with Crippen molar-refractivity contribution in [2.45, 2.75) is 83.2 Å². The summed E-state index contributed by atoms with van der Waals surface area (Å²) in [5.74, 6) is -1.27. The van der Waals surface area contributed by atoms with Crippen LogP contribution >= 0.6 is 0 Å². The summed E-state index contributed by atoms with van der Waals surface area (Å²) in [6.07, 6.45) is 10.1. The van der Waals surface area contributed by atoms with Crippen LogP contribution in [0.2, 0.25) is 0 Å². The highest BCUT2D eigenvalue weighted by molar-refractivity contribution is 6.16. The molecule has 2 aliphatic carbocycles. The van der Waals surface area contributed by atoms with Gasteiger partial charge in [0.1, 0.15) is 5.92 Å². The van der Waals surface area contributed by atoms with Gasteiger partial charge in [-0.15, -0.1) is 0 Å². The van der Waals surface area contributed by atoms with Gasteiger partial charge in [0, 0.05) is 12.1 Å². The Kier molecular flexibility index (Phi) is 4.50. The first-order valence-corrected chi connectivity index (χ1v) is 8.81. The number of amides is 4. The Labute approximate surface area is 132 Å². The standard InChI is InChI=1S/C17H26N2O3/c1-12-15(20)18(13-8-4-2-5-9-13)17(22)19(16(12)21)14-10-6-3-7-11-14/h12-14H,2-11H2,1H3. The van der Waals surface area contributed by atoms with Gasteiger partial charge >= 0.3 is 6.03 Å². The lowest BCUT2D eigenvalue weighted by Crippen LogP contribution is -2.64. The van der Waals surface area contributed by atoms with E-state index in [4.69, 9.17) is 0 Å². The first kappa shape index (κ1) is 15.5. The molecule has 0 atom stereocenters. The molecule has 2 saturated carbocycles. The van der Waals surface area contributed by atoms with E-state index in [9.17, 15) is 14.4 Å². The number of carbonyl (C=O) groups excluding carboxylic acids is 3. The van der Waals surface area contributed by atoms with Crippen molar-refractivity contribution in [3.05, 3.63) is 0 Å². The van der Waals surface area contributed by atoms with Crippen LogP contribution in [0.1, 0.15) is 71.1 Å². The van der Waals surface area contributed by atoms with Gasteiger partial charge in [-0.25, -0.2) is 4.79 Å². The number of urea groups is 1. The van der Waals surface area contributed by atoms with Gasteiger partial charge in [-0.1, -0.05) is 38.5 Å². The van der Waals surface area contributed by atoms with Crippen molar-refractivity contribution in [2.75, 3.05) is 0 Å². The van der Waals surface area contributed by atoms with Crippen molar-refractivity contribution in [1.82, 2.24) is 9.80 Å². The van der Waals surface area contributed by atoms with Crippen LogP contribution in [0.3, 0.4) is 0 Å². The highest BCUT2D eigenvalue weighted by Gasteiger charge is 2.48. The Hall–Kier alpha value is -1.39. The number of carbonyl (C=O) groups is 3. The van der Waals surface area contributed by atoms with Crippen molar-refractivity contribution in [1.29, 1.82) is 0 Å². The number of hydrogen-bond donors (Lipinski definition) is 0. The Morgan fingerprint density at radius 2 is 1.05 bits per heavy atom. The summed E-state index contributed by atoms with van der Waals surface area (Å²) in [5.41, 5.74) is 0. The molecule has 5 heteroatoms. The second-order valence-electron chi connectivity index (χ2n) is 7.00. The molecule has 3 rings (SSSR count). The van der Waals surface area contributed by atoms with Crippen LogP contribution in [-0.4, -0.2) is 39.7 Å². The monoisotopic (exact) mass is 306 g/mol. The zero-order chi connectivity index (χ0) is 15.7. The summed E-state index contributed by atoms with van der Waals surface area (Å²) in [6.45, 7) is 1.66. The zero-order valence-corrected chi connectivity index (χ0v) is 13.4. The molecule has 4 amide bonds. The summed E-state index contributed by atoms with van der Waals surface area (Å²) in [7, 11) is 0. The molecule has 122 valence electrons. The van der Waals surface area contributed by atoms with Crippen molar-refractivity contribution in [3.63, 3.8) is 0 Å². The van der Waals surface area contributed by atoms with E-state index in [2.05, 4.69) is 0 Å². The Balaban J connectivity index is 1.84. The second-order valence-corrected chi connectivity index (χ2v) is 7.00. The molecule has 0 aromatic heterocycles. The molecule has 0 aromatic carbocycles. The van der Waals surface area contributed by atoms with Gasteiger partial charge in [-0.05, 0) is 32.6 Å². The predicted octanol–water partition coefficient (Wildman–Crippen LogP) is 3.08. The molecule has 5 nitrogen and oxygen atoms in total. The first-order chi connectivity index (χ1) is 10.6. The number of barbiturate groups is 1. The van der Waals surface area contributed by atoms with E-state index in [-0.39, 0.29) is 29.9 Å². The number of rotatable bonds is 2. The van der Waals surface area contributed by atoms with E-state index >= 15 is 0 Å². The zero-order valence-electron chi connectivity index (χ0n) is 13.4. The van der Waals surface area contributed by atoms with E-state index in [1.807, 2.05) is 0 Å². The molecule has 3 aliphatic rings. The molecule has 0 N–H and O–H groups in total. The van der Waals surface area contributed by atoms with E-state index in [0.717, 1.165) is 51.4 Å².